The van der Waals surface area contributed by atoms with Crippen molar-refractivity contribution in [2.75, 3.05) is 0 Å². The second-order valence-electron chi connectivity index (χ2n) is 4.69. The van der Waals surface area contributed by atoms with Crippen molar-refractivity contribution < 1.29 is 0 Å². The van der Waals surface area contributed by atoms with Crippen LogP contribution < -0.4 is 0 Å². The van der Waals surface area contributed by atoms with Crippen molar-refractivity contribution >= 4 is 0 Å². The van der Waals surface area contributed by atoms with Crippen molar-refractivity contribution in [3.63, 3.8) is 0 Å². The van der Waals surface area contributed by atoms with E-state index in [1.54, 1.807) is 0 Å². The zero-order valence-corrected chi connectivity index (χ0v) is 11.1. The van der Waals surface area contributed by atoms with Gasteiger partial charge in [0.1, 0.15) is 0 Å². The first-order chi connectivity index (χ1) is 9.88. The zero-order valence-electron chi connectivity index (χ0n) is 11.1. The van der Waals surface area contributed by atoms with Gasteiger partial charge in [0.25, 0.3) is 0 Å². The Bertz CT molecular complexity index is 701. The highest BCUT2D eigenvalue weighted by Gasteiger charge is 2.10. The van der Waals surface area contributed by atoms with Crippen LogP contribution in [0.2, 0.25) is 0 Å². The minimum atomic E-state index is 0.00918. The van der Waals surface area contributed by atoms with Crippen LogP contribution in [0, 0.1) is 12.3 Å². The van der Waals surface area contributed by atoms with Gasteiger partial charge in [0, 0.05) is 18.1 Å². The molecule has 1 atom stereocenters. The maximum absolute atomic E-state index is 5.71. The predicted molar refractivity (Wildman–Crippen MR) is 82.9 cm³/mol. The summed E-state index contributed by atoms with van der Waals surface area (Å²) in [7, 11) is 0. The Kier molecular flexibility index (Phi) is 3.39. The zero-order chi connectivity index (χ0) is 13.8. The molecule has 0 amide bonds. The standard InChI is InChI=1S/C19H15N/c1-2-19(16-8-4-3-5-9-16)17-10-12-18(13-11-17)20-14-6-7-15-20/h1,3-15,19H. The third-order valence-electron chi connectivity index (χ3n) is 3.43. The summed E-state index contributed by atoms with van der Waals surface area (Å²) in [6, 6.07) is 22.6. The summed E-state index contributed by atoms with van der Waals surface area (Å²) in [5, 5.41) is 0. The number of aromatic nitrogens is 1. The molecule has 0 saturated heterocycles. The van der Waals surface area contributed by atoms with E-state index < -0.39 is 0 Å². The van der Waals surface area contributed by atoms with E-state index in [-0.39, 0.29) is 5.92 Å². The Morgan fingerprint density at radius 2 is 1.35 bits per heavy atom. The number of rotatable bonds is 3. The third kappa shape index (κ3) is 2.37. The SMILES string of the molecule is C#CC(c1ccccc1)c1ccc(-n2cccc2)cc1. The predicted octanol–water partition coefficient (Wildman–Crippen LogP) is 4.24. The maximum Gasteiger partial charge on any atom is 0.0699 e. The molecule has 3 aromatic rings. The lowest BCUT2D eigenvalue weighted by Crippen LogP contribution is -1.98. The molecule has 20 heavy (non-hydrogen) atoms. The molecule has 3 rings (SSSR count). The monoisotopic (exact) mass is 257 g/mol. The van der Waals surface area contributed by atoms with E-state index in [1.807, 2.05) is 42.7 Å². The molecular formula is C19H15N. The molecule has 0 aliphatic carbocycles. The smallest absolute Gasteiger partial charge is 0.0699 e. The van der Waals surface area contributed by atoms with Crippen molar-refractivity contribution in [1.82, 2.24) is 4.57 Å². The number of hydrogen-bond donors (Lipinski definition) is 0. The molecule has 0 fully saturated rings. The van der Waals surface area contributed by atoms with Crippen LogP contribution in [-0.2, 0) is 0 Å². The summed E-state index contributed by atoms with van der Waals surface area (Å²) in [6.45, 7) is 0. The minimum Gasteiger partial charge on any atom is -0.324 e. The van der Waals surface area contributed by atoms with Gasteiger partial charge in [-0.3, -0.25) is 0 Å². The summed E-state index contributed by atoms with van der Waals surface area (Å²) in [5.74, 6) is 2.89. The summed E-state index contributed by atoms with van der Waals surface area (Å²) in [4.78, 5) is 0. The Balaban J connectivity index is 1.93. The highest BCUT2D eigenvalue weighted by atomic mass is 14.9. The summed E-state index contributed by atoms with van der Waals surface area (Å²) in [5.41, 5.74) is 3.45. The minimum absolute atomic E-state index is 0.00918. The van der Waals surface area contributed by atoms with Gasteiger partial charge in [-0.05, 0) is 35.4 Å². The van der Waals surface area contributed by atoms with Crippen LogP contribution >= 0.6 is 0 Å². The number of benzene rings is 2. The number of nitrogens with zero attached hydrogens (tertiary/aromatic N) is 1. The normalized spacial score (nSPS) is 11.8. The molecule has 0 N–H and O–H groups in total. The molecule has 1 unspecified atom stereocenters. The highest BCUT2D eigenvalue weighted by Crippen LogP contribution is 2.24. The molecule has 96 valence electrons. The van der Waals surface area contributed by atoms with Crippen LogP contribution in [0.15, 0.2) is 79.1 Å². The molecule has 0 spiro atoms. The topological polar surface area (TPSA) is 4.93 Å². The fraction of sp³-hybridized carbons (Fsp3) is 0.0526. The van der Waals surface area contributed by atoms with E-state index in [1.165, 1.54) is 0 Å². The molecule has 1 aromatic heterocycles. The van der Waals surface area contributed by atoms with Crippen molar-refractivity contribution in [2.45, 2.75) is 5.92 Å². The van der Waals surface area contributed by atoms with Crippen molar-refractivity contribution in [3.8, 4) is 18.0 Å². The number of hydrogen-bond acceptors (Lipinski definition) is 0. The summed E-state index contributed by atoms with van der Waals surface area (Å²) >= 11 is 0. The largest absolute Gasteiger partial charge is 0.324 e. The van der Waals surface area contributed by atoms with E-state index in [9.17, 15) is 0 Å². The van der Waals surface area contributed by atoms with Crippen molar-refractivity contribution in [2.24, 2.45) is 0 Å². The molecule has 2 aromatic carbocycles. The number of terminal acetylenes is 1. The molecule has 0 aliphatic heterocycles. The van der Waals surface area contributed by atoms with Crippen LogP contribution in [0.1, 0.15) is 17.0 Å². The first kappa shape index (κ1) is 12.3. The average Bonchev–Trinajstić information content (AvgIpc) is 3.04. The second kappa shape index (κ2) is 5.50. The van der Waals surface area contributed by atoms with Gasteiger partial charge in [0.2, 0.25) is 0 Å². The van der Waals surface area contributed by atoms with Gasteiger partial charge < -0.3 is 4.57 Å². The Morgan fingerprint density at radius 3 is 1.95 bits per heavy atom. The first-order valence-corrected chi connectivity index (χ1v) is 6.63. The van der Waals surface area contributed by atoms with Crippen LogP contribution in [0.3, 0.4) is 0 Å². The van der Waals surface area contributed by atoms with E-state index in [0.717, 1.165) is 16.8 Å². The molecule has 0 radical (unpaired) electrons. The molecule has 1 nitrogen and oxygen atoms in total. The second-order valence-corrected chi connectivity index (χ2v) is 4.69. The van der Waals surface area contributed by atoms with Gasteiger partial charge in [0.05, 0.1) is 5.92 Å². The van der Waals surface area contributed by atoms with Gasteiger partial charge in [-0.15, -0.1) is 6.42 Å². The lowest BCUT2D eigenvalue weighted by atomic mass is 9.92. The molecule has 0 aliphatic rings. The fourth-order valence-corrected chi connectivity index (χ4v) is 2.38. The lowest BCUT2D eigenvalue weighted by molar-refractivity contribution is 1.04. The first-order valence-electron chi connectivity index (χ1n) is 6.63. The lowest BCUT2D eigenvalue weighted by Gasteiger charge is -2.12. The third-order valence-corrected chi connectivity index (χ3v) is 3.43. The Morgan fingerprint density at radius 1 is 0.750 bits per heavy atom. The highest BCUT2D eigenvalue weighted by molar-refractivity contribution is 5.43. The van der Waals surface area contributed by atoms with E-state index in [4.69, 9.17) is 6.42 Å². The van der Waals surface area contributed by atoms with Crippen molar-refractivity contribution in [3.05, 3.63) is 90.3 Å². The Hall–Kier alpha value is -2.72. The van der Waals surface area contributed by atoms with Gasteiger partial charge in [0.15, 0.2) is 0 Å². The Labute approximate surface area is 119 Å². The average molecular weight is 257 g/mol. The van der Waals surface area contributed by atoms with Gasteiger partial charge in [-0.2, -0.15) is 0 Å². The van der Waals surface area contributed by atoms with Gasteiger partial charge in [-0.25, -0.2) is 0 Å². The van der Waals surface area contributed by atoms with Crippen LogP contribution in [0.25, 0.3) is 5.69 Å². The van der Waals surface area contributed by atoms with Gasteiger partial charge in [-0.1, -0.05) is 48.4 Å². The molecule has 0 bridgehead atoms. The maximum atomic E-state index is 5.71. The van der Waals surface area contributed by atoms with Crippen LogP contribution in [0.4, 0.5) is 0 Å². The van der Waals surface area contributed by atoms with Gasteiger partial charge >= 0.3 is 0 Å². The van der Waals surface area contributed by atoms with E-state index in [0.29, 0.717) is 0 Å². The molecule has 1 heteroatoms. The molecule has 1 heterocycles. The molecule has 0 saturated carbocycles. The fourth-order valence-electron chi connectivity index (χ4n) is 2.38. The quantitative estimate of drug-likeness (QED) is 0.618. The van der Waals surface area contributed by atoms with Crippen molar-refractivity contribution in [1.29, 1.82) is 0 Å². The molecular weight excluding hydrogens is 242 g/mol. The summed E-state index contributed by atoms with van der Waals surface area (Å²) < 4.78 is 2.08. The van der Waals surface area contributed by atoms with Crippen LogP contribution in [-0.4, -0.2) is 4.57 Å². The van der Waals surface area contributed by atoms with E-state index >= 15 is 0 Å². The van der Waals surface area contributed by atoms with Crippen LogP contribution in [0.5, 0.6) is 0 Å². The van der Waals surface area contributed by atoms with E-state index in [2.05, 4.69) is 46.9 Å². The summed E-state index contributed by atoms with van der Waals surface area (Å²) in [6.07, 6.45) is 9.78.